The van der Waals surface area contributed by atoms with E-state index in [2.05, 4.69) is 37.5 Å². The fourth-order valence-corrected chi connectivity index (χ4v) is 2.58. The molecule has 1 aliphatic heterocycles. The zero-order valence-electron chi connectivity index (χ0n) is 13.5. The summed E-state index contributed by atoms with van der Waals surface area (Å²) in [6, 6.07) is 6.00. The Labute approximate surface area is 127 Å². The van der Waals surface area contributed by atoms with Crippen LogP contribution in [0.3, 0.4) is 0 Å². The van der Waals surface area contributed by atoms with Gasteiger partial charge in [-0.05, 0) is 42.5 Å². The number of carbonyl (C=O) groups is 1. The number of benzene rings is 1. The minimum absolute atomic E-state index is 0.0398. The highest BCUT2D eigenvalue weighted by Gasteiger charge is 2.23. The highest BCUT2D eigenvalue weighted by Crippen LogP contribution is 2.31. The van der Waals surface area contributed by atoms with Gasteiger partial charge < -0.3 is 15.4 Å². The van der Waals surface area contributed by atoms with Crippen molar-refractivity contribution < 1.29 is 9.53 Å². The maximum atomic E-state index is 12.4. The normalized spacial score (nSPS) is 19.1. The molecule has 1 aromatic carbocycles. The van der Waals surface area contributed by atoms with E-state index in [1.807, 2.05) is 12.1 Å². The smallest absolute Gasteiger partial charge is 0.228 e. The van der Waals surface area contributed by atoms with E-state index in [-0.39, 0.29) is 17.2 Å². The lowest BCUT2D eigenvalue weighted by Gasteiger charge is -2.24. The van der Waals surface area contributed by atoms with Crippen LogP contribution in [0.1, 0.15) is 39.2 Å². The number of hydrogen-bond acceptors (Lipinski definition) is 3. The third kappa shape index (κ3) is 3.97. The predicted molar refractivity (Wildman–Crippen MR) is 85.9 cm³/mol. The van der Waals surface area contributed by atoms with Crippen molar-refractivity contribution in [2.45, 2.75) is 39.0 Å². The van der Waals surface area contributed by atoms with E-state index in [0.717, 1.165) is 31.6 Å². The van der Waals surface area contributed by atoms with Crippen molar-refractivity contribution in [1.82, 2.24) is 5.32 Å². The summed E-state index contributed by atoms with van der Waals surface area (Å²) in [7, 11) is 1.63. The Morgan fingerprint density at radius 3 is 2.71 bits per heavy atom. The Hall–Kier alpha value is -1.55. The first-order valence-corrected chi connectivity index (χ1v) is 7.62. The van der Waals surface area contributed by atoms with Crippen molar-refractivity contribution >= 4 is 11.6 Å². The lowest BCUT2D eigenvalue weighted by atomic mass is 9.86. The second-order valence-electron chi connectivity index (χ2n) is 6.70. The van der Waals surface area contributed by atoms with Crippen LogP contribution in [0.5, 0.6) is 5.75 Å². The van der Waals surface area contributed by atoms with Crippen molar-refractivity contribution in [3.63, 3.8) is 0 Å². The van der Waals surface area contributed by atoms with Gasteiger partial charge in [0.05, 0.1) is 18.7 Å². The van der Waals surface area contributed by atoms with Gasteiger partial charge in [0, 0.05) is 6.54 Å². The summed E-state index contributed by atoms with van der Waals surface area (Å²) in [5.74, 6) is 0.827. The summed E-state index contributed by atoms with van der Waals surface area (Å²) in [6.07, 6.45) is 2.00. The van der Waals surface area contributed by atoms with E-state index < -0.39 is 0 Å². The van der Waals surface area contributed by atoms with Crippen LogP contribution in [0, 0.1) is 5.92 Å². The van der Waals surface area contributed by atoms with Gasteiger partial charge in [-0.2, -0.15) is 0 Å². The Kier molecular flexibility index (Phi) is 4.88. The SMILES string of the molecule is COc1ccc(C(C)(C)C)cc1NC(=O)[C@@H]1CCCNC1. The van der Waals surface area contributed by atoms with E-state index in [1.165, 1.54) is 5.56 Å². The molecule has 1 amide bonds. The maximum Gasteiger partial charge on any atom is 0.228 e. The van der Waals surface area contributed by atoms with Gasteiger partial charge in [-0.1, -0.05) is 26.8 Å². The fourth-order valence-electron chi connectivity index (χ4n) is 2.58. The number of anilines is 1. The largest absolute Gasteiger partial charge is 0.495 e. The van der Waals surface area contributed by atoms with Gasteiger partial charge in [0.2, 0.25) is 5.91 Å². The fraction of sp³-hybridized carbons (Fsp3) is 0.588. The van der Waals surface area contributed by atoms with E-state index in [1.54, 1.807) is 7.11 Å². The van der Waals surface area contributed by atoms with Crippen LogP contribution >= 0.6 is 0 Å². The van der Waals surface area contributed by atoms with Gasteiger partial charge in [-0.25, -0.2) is 0 Å². The zero-order chi connectivity index (χ0) is 15.5. The lowest BCUT2D eigenvalue weighted by molar-refractivity contribution is -0.120. The van der Waals surface area contributed by atoms with Crippen LogP contribution in [0.25, 0.3) is 0 Å². The molecule has 0 bridgehead atoms. The summed E-state index contributed by atoms with van der Waals surface area (Å²) in [5, 5.41) is 6.31. The van der Waals surface area contributed by atoms with Crippen LogP contribution in [0.4, 0.5) is 5.69 Å². The van der Waals surface area contributed by atoms with E-state index in [4.69, 9.17) is 4.74 Å². The molecule has 1 fully saturated rings. The maximum absolute atomic E-state index is 12.4. The third-order valence-corrected chi connectivity index (χ3v) is 3.99. The van der Waals surface area contributed by atoms with E-state index >= 15 is 0 Å². The molecule has 0 spiro atoms. The first-order valence-electron chi connectivity index (χ1n) is 7.62. The molecular weight excluding hydrogens is 264 g/mol. The molecule has 2 N–H and O–H groups in total. The van der Waals surface area contributed by atoms with Crippen LogP contribution in [-0.4, -0.2) is 26.1 Å². The molecule has 1 saturated heterocycles. The van der Waals surface area contributed by atoms with E-state index in [0.29, 0.717) is 5.75 Å². The predicted octanol–water partition coefficient (Wildman–Crippen LogP) is 2.93. The molecule has 1 aliphatic rings. The van der Waals surface area contributed by atoms with Crippen molar-refractivity contribution in [3.8, 4) is 5.75 Å². The Balaban J connectivity index is 2.18. The Morgan fingerprint density at radius 1 is 1.38 bits per heavy atom. The third-order valence-electron chi connectivity index (χ3n) is 3.99. The van der Waals surface area contributed by atoms with Gasteiger partial charge in [0.1, 0.15) is 5.75 Å². The minimum atomic E-state index is 0.0398. The molecule has 0 saturated carbocycles. The molecule has 1 aromatic rings. The number of nitrogens with one attached hydrogen (secondary N) is 2. The summed E-state index contributed by atoms with van der Waals surface area (Å²) in [6.45, 7) is 8.24. The van der Waals surface area contributed by atoms with Gasteiger partial charge >= 0.3 is 0 Å². The van der Waals surface area contributed by atoms with Crippen LogP contribution in [0.15, 0.2) is 18.2 Å². The lowest BCUT2D eigenvalue weighted by Crippen LogP contribution is -2.37. The summed E-state index contributed by atoms with van der Waals surface area (Å²) in [5.41, 5.74) is 1.99. The standard InChI is InChI=1S/C17H26N2O2/c1-17(2,3)13-7-8-15(21-4)14(10-13)19-16(20)12-6-5-9-18-11-12/h7-8,10,12,18H,5-6,9,11H2,1-4H3,(H,19,20)/t12-/m1/s1. The number of rotatable bonds is 3. The second-order valence-corrected chi connectivity index (χ2v) is 6.70. The molecule has 0 radical (unpaired) electrons. The van der Waals surface area contributed by atoms with Crippen LogP contribution in [-0.2, 0) is 10.2 Å². The topological polar surface area (TPSA) is 50.4 Å². The number of methoxy groups -OCH3 is 1. The zero-order valence-corrected chi connectivity index (χ0v) is 13.5. The highest BCUT2D eigenvalue weighted by molar-refractivity contribution is 5.94. The Bertz CT molecular complexity index is 500. The molecule has 4 heteroatoms. The number of carbonyl (C=O) groups excluding carboxylic acids is 1. The first kappa shape index (κ1) is 15.8. The van der Waals surface area contributed by atoms with Gasteiger partial charge in [-0.3, -0.25) is 4.79 Å². The second kappa shape index (κ2) is 6.48. The van der Waals surface area contributed by atoms with Crippen LogP contribution < -0.4 is 15.4 Å². The van der Waals surface area contributed by atoms with Crippen molar-refractivity contribution in [1.29, 1.82) is 0 Å². The average Bonchev–Trinajstić information content (AvgIpc) is 2.47. The minimum Gasteiger partial charge on any atom is -0.495 e. The number of hydrogen-bond donors (Lipinski definition) is 2. The molecule has 116 valence electrons. The summed E-state index contributed by atoms with van der Waals surface area (Å²) >= 11 is 0. The quantitative estimate of drug-likeness (QED) is 0.900. The molecule has 4 nitrogen and oxygen atoms in total. The average molecular weight is 290 g/mol. The van der Waals surface area contributed by atoms with Crippen molar-refractivity contribution in [2.75, 3.05) is 25.5 Å². The molecule has 21 heavy (non-hydrogen) atoms. The highest BCUT2D eigenvalue weighted by atomic mass is 16.5. The van der Waals surface area contributed by atoms with Crippen molar-refractivity contribution in [2.24, 2.45) is 5.92 Å². The number of amides is 1. The first-order chi connectivity index (χ1) is 9.91. The monoisotopic (exact) mass is 290 g/mol. The molecule has 1 heterocycles. The van der Waals surface area contributed by atoms with Gasteiger partial charge in [0.15, 0.2) is 0 Å². The van der Waals surface area contributed by atoms with Crippen LogP contribution in [0.2, 0.25) is 0 Å². The van der Waals surface area contributed by atoms with Gasteiger partial charge in [-0.15, -0.1) is 0 Å². The Morgan fingerprint density at radius 2 is 2.14 bits per heavy atom. The molecule has 2 rings (SSSR count). The molecule has 0 aromatic heterocycles. The van der Waals surface area contributed by atoms with Gasteiger partial charge in [0.25, 0.3) is 0 Å². The molecule has 0 aliphatic carbocycles. The molecule has 0 unspecified atom stereocenters. The summed E-state index contributed by atoms with van der Waals surface area (Å²) < 4.78 is 5.37. The summed E-state index contributed by atoms with van der Waals surface area (Å²) in [4.78, 5) is 12.4. The van der Waals surface area contributed by atoms with E-state index in [9.17, 15) is 4.79 Å². The van der Waals surface area contributed by atoms with Crippen molar-refractivity contribution in [3.05, 3.63) is 23.8 Å². The number of ether oxygens (including phenoxy) is 1. The molecular formula is C17H26N2O2. The number of piperidine rings is 1. The molecule has 1 atom stereocenters.